The first kappa shape index (κ1) is 18.6. The van der Waals surface area contributed by atoms with Gasteiger partial charge in [0, 0.05) is 0 Å². The van der Waals surface area contributed by atoms with Gasteiger partial charge in [-0.25, -0.2) is 9.36 Å². The van der Waals surface area contributed by atoms with E-state index in [1.807, 2.05) is 63.2 Å². The molecule has 8 heteroatoms. The Morgan fingerprint density at radius 3 is 1.85 bits per heavy atom. The summed E-state index contributed by atoms with van der Waals surface area (Å²) >= 11 is 0. The topological polar surface area (TPSA) is 135 Å². The van der Waals surface area contributed by atoms with Crippen molar-refractivity contribution in [3.05, 3.63) is 53.9 Å². The average Bonchev–Trinajstić information content (AvgIpc) is 3.18. The molecule has 2 heterocycles. The first-order valence-electron chi connectivity index (χ1n) is 7.82. The third kappa shape index (κ3) is 3.82. The lowest BCUT2D eigenvalue weighted by Crippen LogP contribution is -2.24. The molecule has 1 aromatic carbocycles. The van der Waals surface area contributed by atoms with Crippen LogP contribution >= 0.6 is 0 Å². The Hall–Kier alpha value is -3.78. The SMILES string of the molecule is CC(C)(C)n1ncc(C#N)c1N.N#Cc1cnn(-c2ccccc2)c1N. The number of nitriles is 2. The van der Waals surface area contributed by atoms with Crippen LogP contribution in [0.2, 0.25) is 0 Å². The predicted octanol–water partition coefficient (Wildman–Crippen LogP) is 2.42. The molecular formula is C18H20N8. The van der Waals surface area contributed by atoms with Crippen molar-refractivity contribution in [2.24, 2.45) is 0 Å². The Balaban J connectivity index is 0.000000190. The average molecular weight is 348 g/mol. The molecule has 0 saturated carbocycles. The Bertz CT molecular complexity index is 962. The van der Waals surface area contributed by atoms with Gasteiger partial charge in [-0.05, 0) is 32.9 Å². The highest BCUT2D eigenvalue weighted by atomic mass is 15.3. The number of rotatable bonds is 1. The minimum Gasteiger partial charge on any atom is -0.383 e. The maximum Gasteiger partial charge on any atom is 0.145 e. The van der Waals surface area contributed by atoms with Gasteiger partial charge in [0.2, 0.25) is 0 Å². The van der Waals surface area contributed by atoms with Gasteiger partial charge in [-0.3, -0.25) is 0 Å². The number of nitrogens with two attached hydrogens (primary N) is 2. The molecular weight excluding hydrogens is 328 g/mol. The second-order valence-electron chi connectivity index (χ2n) is 6.44. The predicted molar refractivity (Wildman–Crippen MR) is 99.0 cm³/mol. The third-order valence-corrected chi connectivity index (χ3v) is 3.49. The lowest BCUT2D eigenvalue weighted by Gasteiger charge is -2.20. The zero-order valence-corrected chi connectivity index (χ0v) is 14.9. The first-order chi connectivity index (χ1) is 12.3. The van der Waals surface area contributed by atoms with E-state index in [2.05, 4.69) is 10.2 Å². The van der Waals surface area contributed by atoms with Crippen LogP contribution in [0.1, 0.15) is 31.9 Å². The van der Waals surface area contributed by atoms with Gasteiger partial charge in [-0.15, -0.1) is 0 Å². The van der Waals surface area contributed by atoms with E-state index < -0.39 is 0 Å². The van der Waals surface area contributed by atoms with Crippen LogP contribution in [0.5, 0.6) is 0 Å². The van der Waals surface area contributed by atoms with Gasteiger partial charge in [0.05, 0.1) is 23.6 Å². The maximum atomic E-state index is 8.70. The van der Waals surface area contributed by atoms with Crippen LogP contribution in [-0.2, 0) is 5.54 Å². The van der Waals surface area contributed by atoms with Crippen LogP contribution in [0.4, 0.5) is 11.6 Å². The Morgan fingerprint density at radius 1 is 0.885 bits per heavy atom. The normalized spacial score (nSPS) is 10.3. The summed E-state index contributed by atoms with van der Waals surface area (Å²) in [6.07, 6.45) is 2.95. The molecule has 0 unspecified atom stereocenters. The molecule has 0 aliphatic carbocycles. The molecule has 132 valence electrons. The van der Waals surface area contributed by atoms with Crippen molar-refractivity contribution in [3.8, 4) is 17.8 Å². The van der Waals surface area contributed by atoms with Gasteiger partial charge in [-0.2, -0.15) is 20.7 Å². The van der Waals surface area contributed by atoms with E-state index in [1.54, 1.807) is 9.36 Å². The van der Waals surface area contributed by atoms with E-state index in [0.717, 1.165) is 5.69 Å². The number of nitrogen functional groups attached to an aromatic ring is 2. The monoisotopic (exact) mass is 348 g/mol. The molecule has 4 N–H and O–H groups in total. The lowest BCUT2D eigenvalue weighted by atomic mass is 10.1. The summed E-state index contributed by atoms with van der Waals surface area (Å²) in [5.74, 6) is 0.809. The van der Waals surface area contributed by atoms with Crippen LogP contribution in [0.3, 0.4) is 0 Å². The molecule has 0 spiro atoms. The molecule has 3 aromatic rings. The van der Waals surface area contributed by atoms with Crippen LogP contribution in [-0.4, -0.2) is 19.6 Å². The van der Waals surface area contributed by atoms with Gasteiger partial charge >= 0.3 is 0 Å². The van der Waals surface area contributed by atoms with Gasteiger partial charge in [-0.1, -0.05) is 18.2 Å². The van der Waals surface area contributed by atoms with E-state index in [-0.39, 0.29) is 5.54 Å². The van der Waals surface area contributed by atoms with Crippen LogP contribution in [0.15, 0.2) is 42.7 Å². The van der Waals surface area contributed by atoms with Gasteiger partial charge in [0.1, 0.15) is 34.9 Å². The van der Waals surface area contributed by atoms with Crippen LogP contribution in [0.25, 0.3) is 5.69 Å². The summed E-state index contributed by atoms with van der Waals surface area (Å²) in [6.45, 7) is 5.95. The molecule has 8 nitrogen and oxygen atoms in total. The molecule has 0 aliphatic heterocycles. The fraction of sp³-hybridized carbons (Fsp3) is 0.222. The van der Waals surface area contributed by atoms with Crippen LogP contribution < -0.4 is 11.5 Å². The van der Waals surface area contributed by atoms with E-state index >= 15 is 0 Å². The highest BCUT2D eigenvalue weighted by molar-refractivity contribution is 5.52. The Labute approximate surface area is 151 Å². The molecule has 0 radical (unpaired) electrons. The molecule has 0 amide bonds. The molecule has 26 heavy (non-hydrogen) atoms. The summed E-state index contributed by atoms with van der Waals surface area (Å²) in [7, 11) is 0. The van der Waals surface area contributed by atoms with E-state index in [4.69, 9.17) is 22.0 Å². The van der Waals surface area contributed by atoms with Crippen LogP contribution in [0, 0.1) is 22.7 Å². The fourth-order valence-electron chi connectivity index (χ4n) is 2.20. The summed E-state index contributed by atoms with van der Waals surface area (Å²) < 4.78 is 3.18. The number of aromatic nitrogens is 4. The number of para-hydroxylation sites is 1. The van der Waals surface area contributed by atoms with Crippen molar-refractivity contribution in [2.45, 2.75) is 26.3 Å². The summed E-state index contributed by atoms with van der Waals surface area (Å²) in [5.41, 5.74) is 12.9. The fourth-order valence-corrected chi connectivity index (χ4v) is 2.20. The van der Waals surface area contributed by atoms with E-state index in [0.29, 0.717) is 22.8 Å². The quantitative estimate of drug-likeness (QED) is 0.693. The largest absolute Gasteiger partial charge is 0.383 e. The van der Waals surface area contributed by atoms with Crippen molar-refractivity contribution in [1.29, 1.82) is 10.5 Å². The minimum absolute atomic E-state index is 0.167. The molecule has 0 saturated heterocycles. The zero-order valence-electron chi connectivity index (χ0n) is 14.9. The smallest absolute Gasteiger partial charge is 0.145 e. The summed E-state index contributed by atoms with van der Waals surface area (Å²) in [6, 6.07) is 13.4. The number of hydrogen-bond acceptors (Lipinski definition) is 6. The number of anilines is 2. The minimum atomic E-state index is -0.167. The number of hydrogen-bond donors (Lipinski definition) is 2. The molecule has 3 rings (SSSR count). The standard InChI is InChI=1S/C10H8N4.C8H12N4/c11-6-8-7-13-14(10(8)12)9-4-2-1-3-5-9;1-8(2,3)12-7(10)6(4-9)5-11-12/h1-5,7H,12H2;5H,10H2,1-3H3. The van der Waals surface area contributed by atoms with E-state index in [1.165, 1.54) is 12.4 Å². The van der Waals surface area contributed by atoms with Gasteiger partial charge in [0.15, 0.2) is 0 Å². The summed E-state index contributed by atoms with van der Waals surface area (Å²) in [4.78, 5) is 0. The molecule has 2 aromatic heterocycles. The number of nitrogens with zero attached hydrogens (tertiary/aromatic N) is 6. The Kier molecular flexibility index (Phi) is 5.29. The van der Waals surface area contributed by atoms with Crippen molar-refractivity contribution < 1.29 is 0 Å². The highest BCUT2D eigenvalue weighted by Crippen LogP contribution is 2.19. The first-order valence-corrected chi connectivity index (χ1v) is 7.82. The van der Waals surface area contributed by atoms with Gasteiger partial charge in [0.25, 0.3) is 0 Å². The maximum absolute atomic E-state index is 8.70. The molecule has 0 atom stereocenters. The number of benzene rings is 1. The lowest BCUT2D eigenvalue weighted by molar-refractivity contribution is 0.361. The van der Waals surface area contributed by atoms with Crippen molar-refractivity contribution in [2.75, 3.05) is 11.5 Å². The highest BCUT2D eigenvalue weighted by Gasteiger charge is 2.18. The molecule has 0 aliphatic rings. The second-order valence-corrected chi connectivity index (χ2v) is 6.44. The Morgan fingerprint density at radius 2 is 1.42 bits per heavy atom. The van der Waals surface area contributed by atoms with E-state index in [9.17, 15) is 0 Å². The molecule has 0 fully saturated rings. The second kappa shape index (κ2) is 7.41. The van der Waals surface area contributed by atoms with Gasteiger partial charge < -0.3 is 11.5 Å². The van der Waals surface area contributed by atoms with Crippen molar-refractivity contribution >= 4 is 11.6 Å². The summed E-state index contributed by atoms with van der Waals surface area (Å²) in [5, 5.41) is 25.4. The zero-order chi connectivity index (χ0) is 19.3. The van der Waals surface area contributed by atoms with Crippen molar-refractivity contribution in [3.63, 3.8) is 0 Å². The van der Waals surface area contributed by atoms with Crippen molar-refractivity contribution in [1.82, 2.24) is 19.6 Å². The third-order valence-electron chi connectivity index (χ3n) is 3.49. The molecule has 0 bridgehead atoms.